The Hall–Kier alpha value is -2.23. The number of aldehydes is 1. The quantitative estimate of drug-likeness (QED) is 0.772. The summed E-state index contributed by atoms with van der Waals surface area (Å²) in [6.07, 6.45) is 0.563. The Bertz CT molecular complexity index is 476. The molecule has 16 heavy (non-hydrogen) atoms. The summed E-state index contributed by atoms with van der Waals surface area (Å²) in [5.41, 5.74) is 1.58. The van der Waals surface area contributed by atoms with Crippen molar-refractivity contribution in [3.8, 4) is 5.95 Å². The number of hydrogen-bond donors (Lipinski definition) is 2. The van der Waals surface area contributed by atoms with Crippen molar-refractivity contribution in [2.45, 2.75) is 6.54 Å². The van der Waals surface area contributed by atoms with Gasteiger partial charge in [-0.3, -0.25) is 4.79 Å². The molecular weight excluding hydrogens is 206 g/mol. The minimum Gasteiger partial charge on any atom is -0.481 e. The lowest BCUT2D eigenvalue weighted by atomic mass is 10.2. The molecule has 0 unspecified atom stereocenters. The first-order valence-corrected chi connectivity index (χ1v) is 4.85. The number of rotatable bonds is 4. The maximum absolute atomic E-state index is 10.6. The van der Waals surface area contributed by atoms with Gasteiger partial charge < -0.3 is 14.8 Å². The number of hydrogen-bond acceptors (Lipinski definition) is 4. The van der Waals surface area contributed by atoms with Crippen LogP contribution in [-0.4, -0.2) is 11.4 Å². The maximum Gasteiger partial charge on any atom is 0.284 e. The summed E-state index contributed by atoms with van der Waals surface area (Å²) in [4.78, 5) is 10.6. The lowest BCUT2D eigenvalue weighted by Gasteiger charge is -2.03. The number of nitrogens with one attached hydrogen (secondary N) is 1. The predicted molar refractivity (Wildman–Crippen MR) is 59.5 cm³/mol. The van der Waals surface area contributed by atoms with Crippen LogP contribution in [0.15, 0.2) is 40.8 Å². The van der Waals surface area contributed by atoms with E-state index < -0.39 is 0 Å². The van der Waals surface area contributed by atoms with E-state index in [2.05, 4.69) is 5.32 Å². The van der Waals surface area contributed by atoms with Gasteiger partial charge in [-0.1, -0.05) is 30.3 Å². The van der Waals surface area contributed by atoms with E-state index in [9.17, 15) is 4.79 Å². The smallest absolute Gasteiger partial charge is 0.284 e. The number of carbonyl (C=O) groups is 1. The number of benzene rings is 1. The van der Waals surface area contributed by atoms with Gasteiger partial charge in [0.05, 0.1) is 5.69 Å². The normalized spacial score (nSPS) is 10.0. The fourth-order valence-electron chi connectivity index (χ4n) is 1.41. The van der Waals surface area contributed by atoms with Crippen molar-refractivity contribution in [3.05, 3.63) is 47.7 Å². The Morgan fingerprint density at radius 3 is 2.75 bits per heavy atom. The van der Waals surface area contributed by atoms with Crippen molar-refractivity contribution in [3.63, 3.8) is 0 Å². The Balaban J connectivity index is 2.07. The molecule has 0 spiro atoms. The van der Waals surface area contributed by atoms with Crippen LogP contribution >= 0.6 is 0 Å². The van der Waals surface area contributed by atoms with Gasteiger partial charge >= 0.3 is 0 Å². The summed E-state index contributed by atoms with van der Waals surface area (Å²) in [5, 5.41) is 12.1. The Morgan fingerprint density at radius 2 is 2.06 bits per heavy atom. The molecule has 4 heteroatoms. The highest BCUT2D eigenvalue weighted by molar-refractivity contribution is 5.80. The zero-order valence-electron chi connectivity index (χ0n) is 8.51. The fraction of sp³-hybridized carbons (Fsp3) is 0.0833. The Kier molecular flexibility index (Phi) is 2.91. The van der Waals surface area contributed by atoms with E-state index >= 15 is 0 Å². The minimum absolute atomic E-state index is 0.105. The largest absolute Gasteiger partial charge is 0.481 e. The van der Waals surface area contributed by atoms with Gasteiger partial charge in [-0.05, 0) is 5.56 Å². The van der Waals surface area contributed by atoms with Gasteiger partial charge in [-0.25, -0.2) is 0 Å². The van der Waals surface area contributed by atoms with E-state index in [1.54, 1.807) is 0 Å². The highest BCUT2D eigenvalue weighted by Crippen LogP contribution is 2.24. The predicted octanol–water partition coefficient (Wildman–Crippen LogP) is 2.41. The van der Waals surface area contributed by atoms with E-state index in [0.717, 1.165) is 5.56 Å². The summed E-state index contributed by atoms with van der Waals surface area (Å²) in [6, 6.07) is 11.1. The summed E-state index contributed by atoms with van der Waals surface area (Å²) < 4.78 is 4.78. The number of carbonyl (C=O) groups excluding carboxylic acids is 1. The van der Waals surface area contributed by atoms with Gasteiger partial charge in [0.15, 0.2) is 12.0 Å². The fourth-order valence-corrected chi connectivity index (χ4v) is 1.41. The second-order valence-corrected chi connectivity index (χ2v) is 3.32. The van der Waals surface area contributed by atoms with Crippen molar-refractivity contribution in [2.75, 3.05) is 5.32 Å². The monoisotopic (exact) mass is 217 g/mol. The molecule has 0 saturated carbocycles. The summed E-state index contributed by atoms with van der Waals surface area (Å²) in [5.74, 6) is -0.161. The molecule has 2 rings (SSSR count). The molecule has 0 atom stereocenters. The van der Waals surface area contributed by atoms with Crippen LogP contribution in [0, 0.1) is 0 Å². The van der Waals surface area contributed by atoms with Crippen LogP contribution in [0.4, 0.5) is 5.69 Å². The molecule has 0 amide bonds. The zero-order chi connectivity index (χ0) is 11.4. The molecule has 0 saturated heterocycles. The summed E-state index contributed by atoms with van der Waals surface area (Å²) >= 11 is 0. The van der Waals surface area contributed by atoms with Crippen molar-refractivity contribution >= 4 is 12.0 Å². The molecule has 0 bridgehead atoms. The SMILES string of the molecule is O=Cc1oc(O)cc1NCc1ccccc1. The summed E-state index contributed by atoms with van der Waals surface area (Å²) in [6.45, 7) is 0.570. The third-order valence-electron chi connectivity index (χ3n) is 2.18. The van der Waals surface area contributed by atoms with Gasteiger partial charge in [0.2, 0.25) is 0 Å². The number of anilines is 1. The highest BCUT2D eigenvalue weighted by Gasteiger charge is 2.08. The molecule has 4 nitrogen and oxygen atoms in total. The van der Waals surface area contributed by atoms with Gasteiger partial charge in [0, 0.05) is 12.6 Å². The zero-order valence-corrected chi connectivity index (χ0v) is 8.51. The maximum atomic E-state index is 10.6. The molecule has 0 radical (unpaired) electrons. The van der Waals surface area contributed by atoms with Crippen LogP contribution in [-0.2, 0) is 6.54 Å². The highest BCUT2D eigenvalue weighted by atomic mass is 16.5. The first-order chi connectivity index (χ1) is 7.79. The minimum atomic E-state index is -0.266. The van der Waals surface area contributed by atoms with Gasteiger partial charge in [0.1, 0.15) is 0 Å². The molecule has 82 valence electrons. The topological polar surface area (TPSA) is 62.5 Å². The van der Waals surface area contributed by atoms with Crippen molar-refractivity contribution in [1.29, 1.82) is 0 Å². The van der Waals surface area contributed by atoms with E-state index in [-0.39, 0.29) is 11.7 Å². The molecule has 2 N–H and O–H groups in total. The van der Waals surface area contributed by atoms with Crippen molar-refractivity contribution in [2.24, 2.45) is 0 Å². The third-order valence-corrected chi connectivity index (χ3v) is 2.18. The molecule has 2 aromatic rings. The molecule has 0 aliphatic rings. The third kappa shape index (κ3) is 2.23. The van der Waals surface area contributed by atoms with Gasteiger partial charge in [-0.2, -0.15) is 0 Å². The number of aromatic hydroxyl groups is 1. The van der Waals surface area contributed by atoms with Crippen LogP contribution < -0.4 is 5.32 Å². The van der Waals surface area contributed by atoms with E-state index in [4.69, 9.17) is 9.52 Å². The van der Waals surface area contributed by atoms with Crippen LogP contribution in [0.1, 0.15) is 16.1 Å². The van der Waals surface area contributed by atoms with E-state index in [1.807, 2.05) is 30.3 Å². The van der Waals surface area contributed by atoms with Crippen molar-refractivity contribution in [1.82, 2.24) is 0 Å². The molecule has 1 heterocycles. The van der Waals surface area contributed by atoms with Crippen LogP contribution in [0.3, 0.4) is 0 Å². The lowest BCUT2D eigenvalue weighted by molar-refractivity contribution is 0.109. The average Bonchev–Trinajstić information content (AvgIpc) is 2.68. The Labute approximate surface area is 92.5 Å². The van der Waals surface area contributed by atoms with E-state index in [0.29, 0.717) is 18.5 Å². The summed E-state index contributed by atoms with van der Waals surface area (Å²) in [7, 11) is 0. The molecule has 1 aromatic heterocycles. The van der Waals surface area contributed by atoms with Gasteiger partial charge in [-0.15, -0.1) is 0 Å². The molecule has 0 fully saturated rings. The first-order valence-electron chi connectivity index (χ1n) is 4.85. The number of furan rings is 1. The van der Waals surface area contributed by atoms with Crippen LogP contribution in [0.5, 0.6) is 5.95 Å². The molecular formula is C12H11NO3. The van der Waals surface area contributed by atoms with E-state index in [1.165, 1.54) is 6.07 Å². The second-order valence-electron chi connectivity index (χ2n) is 3.32. The standard InChI is InChI=1S/C12H11NO3/c14-8-11-10(6-12(15)16-11)13-7-9-4-2-1-3-5-9/h1-6,8,13,15H,7H2. The second kappa shape index (κ2) is 4.53. The first kappa shape index (κ1) is 10.3. The van der Waals surface area contributed by atoms with Crippen LogP contribution in [0.2, 0.25) is 0 Å². The van der Waals surface area contributed by atoms with Gasteiger partial charge in [0.25, 0.3) is 5.95 Å². The average molecular weight is 217 g/mol. The van der Waals surface area contributed by atoms with Crippen molar-refractivity contribution < 1.29 is 14.3 Å². The molecule has 1 aromatic carbocycles. The Morgan fingerprint density at radius 1 is 1.31 bits per heavy atom. The molecule has 0 aliphatic carbocycles. The van der Waals surface area contributed by atoms with Crippen LogP contribution in [0.25, 0.3) is 0 Å². The lowest BCUT2D eigenvalue weighted by Crippen LogP contribution is -1.99. The molecule has 0 aliphatic heterocycles.